The van der Waals surface area contributed by atoms with Crippen molar-refractivity contribution in [3.63, 3.8) is 0 Å². The fourth-order valence-electron chi connectivity index (χ4n) is 4.81. The second-order valence-electron chi connectivity index (χ2n) is 7.58. The van der Waals surface area contributed by atoms with Gasteiger partial charge in [-0.3, -0.25) is 9.59 Å². The SMILES string of the molecule is COC(=O)[C@@H]1C(=O)CC[C@@]2(Cc3ccc(Cl)cc3)c3c(F)ccc(F)c3OC[C@@H]12. The molecule has 4 rings (SSSR count). The van der Waals surface area contributed by atoms with Crippen molar-refractivity contribution in [2.75, 3.05) is 13.7 Å². The molecule has 1 heterocycles. The number of hydrogen-bond donors (Lipinski definition) is 0. The Hall–Kier alpha value is -2.47. The maximum absolute atomic E-state index is 15.1. The van der Waals surface area contributed by atoms with Gasteiger partial charge in [-0.1, -0.05) is 23.7 Å². The van der Waals surface area contributed by atoms with Crippen LogP contribution in [-0.2, 0) is 26.2 Å². The van der Waals surface area contributed by atoms with E-state index in [0.717, 1.165) is 17.7 Å². The van der Waals surface area contributed by atoms with Crippen molar-refractivity contribution in [1.82, 2.24) is 0 Å². The van der Waals surface area contributed by atoms with Crippen LogP contribution in [0.4, 0.5) is 8.78 Å². The lowest BCUT2D eigenvalue weighted by Crippen LogP contribution is -2.55. The minimum absolute atomic E-state index is 0.0687. The summed E-state index contributed by atoms with van der Waals surface area (Å²) in [7, 11) is 1.21. The molecule has 2 aromatic carbocycles. The summed E-state index contributed by atoms with van der Waals surface area (Å²) in [4.78, 5) is 25.1. The zero-order chi connectivity index (χ0) is 20.8. The molecule has 1 saturated carbocycles. The third kappa shape index (κ3) is 3.19. The van der Waals surface area contributed by atoms with Gasteiger partial charge in [-0.15, -0.1) is 0 Å². The van der Waals surface area contributed by atoms with Gasteiger partial charge in [-0.25, -0.2) is 8.78 Å². The van der Waals surface area contributed by atoms with Gasteiger partial charge in [0.05, 0.1) is 13.7 Å². The standard InChI is InChI=1S/C22H19ClF2O4/c1-28-21(27)18-14-11-29-20-16(25)7-6-15(24)19(20)22(14,9-8-17(18)26)10-12-2-4-13(23)5-3-12/h2-7,14,18H,8-11H2,1H3/t14-,18-,22-/m0/s1. The van der Waals surface area contributed by atoms with Gasteiger partial charge in [-0.05, 0) is 42.7 Å². The molecule has 0 aromatic heterocycles. The number of carbonyl (C=O) groups excluding carboxylic acids is 2. The van der Waals surface area contributed by atoms with Gasteiger partial charge < -0.3 is 9.47 Å². The van der Waals surface area contributed by atoms with E-state index in [4.69, 9.17) is 21.1 Å². The number of fused-ring (bicyclic) bond motifs is 3. The molecular formula is C22H19ClF2O4. The summed E-state index contributed by atoms with van der Waals surface area (Å²) in [5.41, 5.74) is -0.0561. The number of halogens is 3. The molecule has 0 bridgehead atoms. The normalized spacial score (nSPS) is 25.6. The molecule has 4 nitrogen and oxygen atoms in total. The predicted octanol–water partition coefficient (Wildman–Crippen LogP) is 4.26. The maximum atomic E-state index is 15.1. The van der Waals surface area contributed by atoms with Crippen LogP contribution in [0.5, 0.6) is 5.75 Å². The number of ketones is 1. The van der Waals surface area contributed by atoms with Crippen molar-refractivity contribution < 1.29 is 27.8 Å². The number of ether oxygens (including phenoxy) is 2. The molecule has 0 unspecified atom stereocenters. The Bertz CT molecular complexity index is 968. The number of carbonyl (C=O) groups is 2. The van der Waals surface area contributed by atoms with Crippen LogP contribution in [0, 0.1) is 23.5 Å². The van der Waals surface area contributed by atoms with Gasteiger partial charge in [0, 0.05) is 28.3 Å². The minimum Gasteiger partial charge on any atom is -0.490 e. The van der Waals surface area contributed by atoms with Gasteiger partial charge in [0.15, 0.2) is 11.6 Å². The van der Waals surface area contributed by atoms with Gasteiger partial charge in [0.1, 0.15) is 17.5 Å². The second kappa shape index (κ2) is 7.41. The molecule has 29 heavy (non-hydrogen) atoms. The summed E-state index contributed by atoms with van der Waals surface area (Å²) in [5.74, 6) is -4.12. The van der Waals surface area contributed by atoms with Gasteiger partial charge >= 0.3 is 5.97 Å². The predicted molar refractivity (Wildman–Crippen MR) is 102 cm³/mol. The van der Waals surface area contributed by atoms with Crippen LogP contribution < -0.4 is 4.74 Å². The third-order valence-corrected chi connectivity index (χ3v) is 6.38. The van der Waals surface area contributed by atoms with Crippen LogP contribution in [0.2, 0.25) is 5.02 Å². The van der Waals surface area contributed by atoms with E-state index in [1.54, 1.807) is 12.1 Å². The monoisotopic (exact) mass is 420 g/mol. The Morgan fingerprint density at radius 1 is 1.21 bits per heavy atom. The van der Waals surface area contributed by atoms with E-state index >= 15 is 4.39 Å². The summed E-state index contributed by atoms with van der Waals surface area (Å²) in [6.45, 7) is -0.0769. The Labute approximate surface area is 171 Å². The molecular weight excluding hydrogens is 402 g/mol. The number of esters is 1. The first-order valence-corrected chi connectivity index (χ1v) is 9.71. The van der Waals surface area contributed by atoms with E-state index in [1.807, 2.05) is 12.1 Å². The molecule has 7 heteroatoms. The van der Waals surface area contributed by atoms with E-state index in [-0.39, 0.29) is 36.5 Å². The van der Waals surface area contributed by atoms with Crippen molar-refractivity contribution >= 4 is 23.4 Å². The van der Waals surface area contributed by atoms with Crippen molar-refractivity contribution in [2.45, 2.75) is 24.7 Å². The molecule has 0 spiro atoms. The van der Waals surface area contributed by atoms with Crippen molar-refractivity contribution in [1.29, 1.82) is 0 Å². The highest BCUT2D eigenvalue weighted by Crippen LogP contribution is 2.54. The minimum atomic E-state index is -1.09. The van der Waals surface area contributed by atoms with Crippen molar-refractivity contribution in [3.05, 3.63) is 64.2 Å². The molecule has 1 aliphatic carbocycles. The molecule has 152 valence electrons. The van der Waals surface area contributed by atoms with Crippen LogP contribution in [0.25, 0.3) is 0 Å². The first kappa shape index (κ1) is 19.8. The zero-order valence-electron chi connectivity index (χ0n) is 15.7. The fourth-order valence-corrected chi connectivity index (χ4v) is 4.93. The first-order valence-electron chi connectivity index (χ1n) is 9.33. The second-order valence-corrected chi connectivity index (χ2v) is 8.01. The van der Waals surface area contributed by atoms with Crippen LogP contribution in [0.3, 0.4) is 0 Å². The van der Waals surface area contributed by atoms with Crippen molar-refractivity contribution in [2.24, 2.45) is 11.8 Å². The summed E-state index contributed by atoms with van der Waals surface area (Å²) < 4.78 is 40.0. The lowest BCUT2D eigenvalue weighted by atomic mass is 9.55. The highest BCUT2D eigenvalue weighted by Gasteiger charge is 2.57. The summed E-state index contributed by atoms with van der Waals surface area (Å²) in [5, 5.41) is 0.554. The Morgan fingerprint density at radius 2 is 1.90 bits per heavy atom. The molecule has 0 N–H and O–H groups in total. The summed E-state index contributed by atoms with van der Waals surface area (Å²) in [6, 6.07) is 9.14. The Balaban J connectivity index is 1.91. The number of benzene rings is 2. The number of Topliss-reactive ketones (excluding diaryl/α,β-unsaturated/α-hetero) is 1. The van der Waals surface area contributed by atoms with Gasteiger partial charge in [-0.2, -0.15) is 0 Å². The molecule has 2 aliphatic rings. The molecule has 0 radical (unpaired) electrons. The Kier molecular flexibility index (Phi) is 5.07. The molecule has 3 atom stereocenters. The lowest BCUT2D eigenvalue weighted by molar-refractivity contribution is -0.157. The average molecular weight is 421 g/mol. The van der Waals surface area contributed by atoms with E-state index in [9.17, 15) is 14.0 Å². The highest BCUT2D eigenvalue weighted by molar-refractivity contribution is 6.30. The fraction of sp³-hybridized carbons (Fsp3) is 0.364. The topological polar surface area (TPSA) is 52.6 Å². The van der Waals surface area contributed by atoms with Gasteiger partial charge in [0.25, 0.3) is 0 Å². The molecule has 2 aromatic rings. The number of methoxy groups -OCH3 is 1. The Morgan fingerprint density at radius 3 is 2.59 bits per heavy atom. The van der Waals surface area contributed by atoms with E-state index in [1.165, 1.54) is 7.11 Å². The number of hydrogen-bond acceptors (Lipinski definition) is 4. The van der Waals surface area contributed by atoms with Crippen molar-refractivity contribution in [3.8, 4) is 5.75 Å². The maximum Gasteiger partial charge on any atom is 0.316 e. The zero-order valence-corrected chi connectivity index (χ0v) is 16.5. The third-order valence-electron chi connectivity index (χ3n) is 6.13. The summed E-state index contributed by atoms with van der Waals surface area (Å²) >= 11 is 5.98. The lowest BCUT2D eigenvalue weighted by Gasteiger charge is -2.50. The number of rotatable bonds is 3. The molecule has 0 amide bonds. The van der Waals surface area contributed by atoms with Crippen LogP contribution >= 0.6 is 11.6 Å². The molecule has 1 aliphatic heterocycles. The van der Waals surface area contributed by atoms with Crippen LogP contribution in [-0.4, -0.2) is 25.5 Å². The highest BCUT2D eigenvalue weighted by atomic mass is 35.5. The van der Waals surface area contributed by atoms with E-state index in [2.05, 4.69) is 0 Å². The van der Waals surface area contributed by atoms with E-state index < -0.39 is 34.9 Å². The molecule has 0 saturated heterocycles. The summed E-state index contributed by atoms with van der Waals surface area (Å²) in [6.07, 6.45) is 0.662. The van der Waals surface area contributed by atoms with Gasteiger partial charge in [0.2, 0.25) is 0 Å². The van der Waals surface area contributed by atoms with E-state index in [0.29, 0.717) is 11.4 Å². The average Bonchev–Trinajstić information content (AvgIpc) is 2.72. The molecule has 1 fully saturated rings. The first-order chi connectivity index (χ1) is 13.9. The quantitative estimate of drug-likeness (QED) is 0.550. The van der Waals surface area contributed by atoms with Crippen LogP contribution in [0.1, 0.15) is 24.0 Å². The smallest absolute Gasteiger partial charge is 0.316 e. The van der Waals surface area contributed by atoms with Crippen LogP contribution in [0.15, 0.2) is 36.4 Å². The largest absolute Gasteiger partial charge is 0.490 e.